The molecular formula is C15H17N3O5. The molecule has 0 fully saturated rings. The summed E-state index contributed by atoms with van der Waals surface area (Å²) in [6.45, 7) is 0.0976. The van der Waals surface area contributed by atoms with Crippen LogP contribution in [0.1, 0.15) is 11.7 Å². The van der Waals surface area contributed by atoms with Crippen molar-refractivity contribution < 1.29 is 19.5 Å². The lowest BCUT2D eigenvalue weighted by molar-refractivity contribution is -0.384. The molecule has 1 aromatic heterocycles. The van der Waals surface area contributed by atoms with E-state index in [1.165, 1.54) is 26.4 Å². The number of nitro groups is 1. The highest BCUT2D eigenvalue weighted by atomic mass is 16.6. The molecule has 122 valence electrons. The average Bonchev–Trinajstić information content (AvgIpc) is 2.59. The van der Waals surface area contributed by atoms with Gasteiger partial charge in [-0.25, -0.2) is 0 Å². The maximum atomic E-state index is 11.2. The topological polar surface area (TPSA) is 107 Å². The second kappa shape index (κ2) is 7.41. The largest absolute Gasteiger partial charge is 0.493 e. The molecule has 2 rings (SSSR count). The molecule has 0 saturated heterocycles. The van der Waals surface area contributed by atoms with Gasteiger partial charge in [0.2, 0.25) is 0 Å². The van der Waals surface area contributed by atoms with Crippen LogP contribution in [0.15, 0.2) is 36.7 Å². The average molecular weight is 319 g/mol. The van der Waals surface area contributed by atoms with Gasteiger partial charge < -0.3 is 19.9 Å². The molecule has 8 nitrogen and oxygen atoms in total. The van der Waals surface area contributed by atoms with Crippen LogP contribution in [0.4, 0.5) is 11.4 Å². The quantitative estimate of drug-likeness (QED) is 0.595. The van der Waals surface area contributed by atoms with Crippen molar-refractivity contribution in [2.45, 2.75) is 6.10 Å². The Balaban J connectivity index is 2.22. The highest BCUT2D eigenvalue weighted by Gasteiger charge is 2.20. The van der Waals surface area contributed by atoms with Gasteiger partial charge in [0.15, 0.2) is 11.5 Å². The number of anilines is 1. The number of nitrogens with one attached hydrogen (secondary N) is 1. The number of aliphatic hydroxyl groups is 1. The maximum absolute atomic E-state index is 11.2. The van der Waals surface area contributed by atoms with Crippen LogP contribution in [-0.2, 0) is 0 Å². The zero-order valence-electron chi connectivity index (χ0n) is 12.7. The van der Waals surface area contributed by atoms with Gasteiger partial charge in [0, 0.05) is 25.0 Å². The molecule has 0 spiro atoms. The van der Waals surface area contributed by atoms with E-state index >= 15 is 0 Å². The number of aliphatic hydroxyl groups excluding tert-OH is 1. The maximum Gasteiger partial charge on any atom is 0.296 e. The third-order valence-corrected chi connectivity index (χ3v) is 3.28. The normalized spacial score (nSPS) is 11.6. The Morgan fingerprint density at radius 1 is 1.26 bits per heavy atom. The van der Waals surface area contributed by atoms with Gasteiger partial charge in [-0.1, -0.05) is 0 Å². The predicted octanol–water partition coefficient (Wildman–Crippen LogP) is 2.15. The molecule has 0 aliphatic rings. The summed E-state index contributed by atoms with van der Waals surface area (Å²) < 4.78 is 10.2. The minimum atomic E-state index is -0.828. The van der Waals surface area contributed by atoms with Crippen LogP contribution in [0.2, 0.25) is 0 Å². The molecule has 1 heterocycles. The van der Waals surface area contributed by atoms with Gasteiger partial charge in [-0.15, -0.1) is 0 Å². The highest BCUT2D eigenvalue weighted by Crippen LogP contribution is 2.37. The van der Waals surface area contributed by atoms with Crippen molar-refractivity contribution in [3.05, 3.63) is 52.3 Å². The van der Waals surface area contributed by atoms with E-state index < -0.39 is 11.0 Å². The second-order valence-corrected chi connectivity index (χ2v) is 4.66. The summed E-state index contributed by atoms with van der Waals surface area (Å²) >= 11 is 0. The molecule has 0 unspecified atom stereocenters. The molecule has 8 heteroatoms. The molecule has 0 amide bonds. The van der Waals surface area contributed by atoms with Crippen molar-refractivity contribution in [3.63, 3.8) is 0 Å². The first kappa shape index (κ1) is 16.5. The first-order chi connectivity index (χ1) is 11.1. The van der Waals surface area contributed by atoms with E-state index in [0.717, 1.165) is 0 Å². The Hall–Kier alpha value is -2.87. The molecule has 1 atom stereocenters. The summed E-state index contributed by atoms with van der Waals surface area (Å²) in [4.78, 5) is 14.6. The van der Waals surface area contributed by atoms with Gasteiger partial charge in [0.25, 0.3) is 5.69 Å². The van der Waals surface area contributed by atoms with E-state index in [0.29, 0.717) is 11.3 Å². The predicted molar refractivity (Wildman–Crippen MR) is 83.9 cm³/mol. The number of benzene rings is 1. The lowest BCUT2D eigenvalue weighted by atomic mass is 10.1. The number of rotatable bonds is 7. The number of aromatic nitrogens is 1. The third kappa shape index (κ3) is 3.86. The van der Waals surface area contributed by atoms with Crippen LogP contribution in [0.3, 0.4) is 0 Å². The van der Waals surface area contributed by atoms with E-state index in [1.54, 1.807) is 24.5 Å². The summed E-state index contributed by atoms with van der Waals surface area (Å²) in [7, 11) is 2.85. The van der Waals surface area contributed by atoms with E-state index in [2.05, 4.69) is 10.3 Å². The van der Waals surface area contributed by atoms with Gasteiger partial charge in [-0.2, -0.15) is 0 Å². The Morgan fingerprint density at radius 3 is 2.43 bits per heavy atom. The minimum Gasteiger partial charge on any atom is -0.493 e. The number of nitrogens with zero attached hydrogens (tertiary/aromatic N) is 2. The van der Waals surface area contributed by atoms with Crippen molar-refractivity contribution in [1.29, 1.82) is 0 Å². The summed E-state index contributed by atoms with van der Waals surface area (Å²) in [6, 6.07) is 6.10. The smallest absolute Gasteiger partial charge is 0.296 e. The number of ether oxygens (including phenoxy) is 2. The zero-order chi connectivity index (χ0) is 16.8. The van der Waals surface area contributed by atoms with Crippen LogP contribution in [-0.4, -0.2) is 35.8 Å². The molecule has 2 N–H and O–H groups in total. The lowest BCUT2D eigenvalue weighted by Crippen LogP contribution is -2.13. The van der Waals surface area contributed by atoms with Crippen molar-refractivity contribution in [2.75, 3.05) is 26.1 Å². The van der Waals surface area contributed by atoms with Gasteiger partial charge in [0.1, 0.15) is 5.69 Å². The first-order valence-electron chi connectivity index (χ1n) is 6.79. The Bertz CT molecular complexity index is 678. The molecule has 23 heavy (non-hydrogen) atoms. The molecule has 0 aliphatic heterocycles. The monoisotopic (exact) mass is 319 g/mol. The van der Waals surface area contributed by atoms with Crippen molar-refractivity contribution in [3.8, 4) is 11.5 Å². The van der Waals surface area contributed by atoms with Crippen LogP contribution >= 0.6 is 0 Å². The minimum absolute atomic E-state index is 0.0976. The second-order valence-electron chi connectivity index (χ2n) is 4.66. The number of methoxy groups -OCH3 is 2. The number of hydrogen-bond acceptors (Lipinski definition) is 7. The lowest BCUT2D eigenvalue weighted by Gasteiger charge is -2.15. The summed E-state index contributed by atoms with van der Waals surface area (Å²) in [5.41, 5.74) is 0.737. The van der Waals surface area contributed by atoms with E-state index in [1.807, 2.05) is 0 Å². The fourth-order valence-electron chi connectivity index (χ4n) is 2.07. The van der Waals surface area contributed by atoms with Crippen LogP contribution in [0, 0.1) is 10.1 Å². The summed E-state index contributed by atoms with van der Waals surface area (Å²) in [5, 5.41) is 24.2. The van der Waals surface area contributed by atoms with Crippen LogP contribution < -0.4 is 14.8 Å². The van der Waals surface area contributed by atoms with Gasteiger partial charge in [-0.05, 0) is 17.7 Å². The third-order valence-electron chi connectivity index (χ3n) is 3.28. The molecule has 0 bridgehead atoms. The zero-order valence-corrected chi connectivity index (χ0v) is 12.7. The highest BCUT2D eigenvalue weighted by molar-refractivity contribution is 5.68. The number of hydrogen-bond donors (Lipinski definition) is 2. The Morgan fingerprint density at radius 2 is 1.87 bits per heavy atom. The summed E-state index contributed by atoms with van der Waals surface area (Å²) in [5.74, 6) is 0.624. The summed E-state index contributed by atoms with van der Waals surface area (Å²) in [6.07, 6.45) is 2.31. The van der Waals surface area contributed by atoms with Gasteiger partial charge in [0.05, 0.1) is 31.3 Å². The van der Waals surface area contributed by atoms with E-state index in [-0.39, 0.29) is 23.7 Å². The Kier molecular flexibility index (Phi) is 5.32. The molecule has 1 aromatic carbocycles. The molecule has 0 saturated carbocycles. The van der Waals surface area contributed by atoms with Gasteiger partial charge in [-0.3, -0.25) is 15.1 Å². The SMILES string of the molecule is COc1cc(NC[C@@H](O)c2ccncc2)c([N+](=O)[O-])cc1OC. The number of nitro benzene ring substituents is 1. The van der Waals surface area contributed by atoms with Crippen molar-refractivity contribution in [1.82, 2.24) is 4.98 Å². The molecule has 0 aliphatic carbocycles. The molecular weight excluding hydrogens is 302 g/mol. The molecule has 2 aromatic rings. The fourth-order valence-corrected chi connectivity index (χ4v) is 2.07. The van der Waals surface area contributed by atoms with Gasteiger partial charge >= 0.3 is 0 Å². The fraction of sp³-hybridized carbons (Fsp3) is 0.267. The van der Waals surface area contributed by atoms with E-state index in [4.69, 9.17) is 9.47 Å². The first-order valence-corrected chi connectivity index (χ1v) is 6.79. The Labute approximate surface area is 132 Å². The van der Waals surface area contributed by atoms with Crippen LogP contribution in [0.25, 0.3) is 0 Å². The van der Waals surface area contributed by atoms with E-state index in [9.17, 15) is 15.2 Å². The van der Waals surface area contributed by atoms with Crippen LogP contribution in [0.5, 0.6) is 11.5 Å². The standard InChI is InChI=1S/C15H17N3O5/c1-22-14-7-11(12(18(20)21)8-15(14)23-2)17-9-13(19)10-3-5-16-6-4-10/h3-8,13,17,19H,9H2,1-2H3/t13-/m1/s1. The van der Waals surface area contributed by atoms with Crippen molar-refractivity contribution >= 4 is 11.4 Å². The molecule has 0 radical (unpaired) electrons. The van der Waals surface area contributed by atoms with Crippen molar-refractivity contribution in [2.24, 2.45) is 0 Å². The number of pyridine rings is 1.